The van der Waals surface area contributed by atoms with Gasteiger partial charge in [0.05, 0.1) is 30.7 Å². The number of imidazole rings is 1. The van der Waals surface area contributed by atoms with Gasteiger partial charge in [0.25, 0.3) is 0 Å². The zero-order valence-corrected chi connectivity index (χ0v) is 16.4. The molecule has 4 aromatic rings. The topological polar surface area (TPSA) is 83.5 Å². The molecule has 8 nitrogen and oxygen atoms in total. The first-order chi connectivity index (χ1) is 14.2. The molecular weight excluding hydrogens is 366 g/mol. The highest BCUT2D eigenvalue weighted by Crippen LogP contribution is 2.32. The number of nitrogens with zero attached hydrogens (tertiary/aromatic N) is 7. The Hall–Kier alpha value is -3.55. The lowest BCUT2D eigenvalue weighted by Gasteiger charge is -2.21. The molecular formula is C21H21N7O. The van der Waals surface area contributed by atoms with Crippen molar-refractivity contribution in [2.24, 2.45) is 0 Å². The second kappa shape index (κ2) is 7.12. The molecule has 0 amide bonds. The lowest BCUT2D eigenvalue weighted by Crippen LogP contribution is -2.18. The average Bonchev–Trinajstić information content (AvgIpc) is 3.40. The van der Waals surface area contributed by atoms with Crippen molar-refractivity contribution < 1.29 is 4.74 Å². The lowest BCUT2D eigenvalue weighted by atomic mass is 9.95. The van der Waals surface area contributed by atoms with Crippen molar-refractivity contribution in [3.05, 3.63) is 66.3 Å². The van der Waals surface area contributed by atoms with Gasteiger partial charge >= 0.3 is 0 Å². The third kappa shape index (κ3) is 3.16. The average molecular weight is 387 g/mol. The van der Waals surface area contributed by atoms with Gasteiger partial charge in [-0.3, -0.25) is 4.98 Å². The predicted molar refractivity (Wildman–Crippen MR) is 107 cm³/mol. The van der Waals surface area contributed by atoms with Crippen molar-refractivity contribution in [1.29, 1.82) is 0 Å². The van der Waals surface area contributed by atoms with E-state index >= 15 is 0 Å². The number of aryl methyl sites for hydroxylation is 2. The molecule has 1 aliphatic rings. The lowest BCUT2D eigenvalue weighted by molar-refractivity contribution is 0.396. The Morgan fingerprint density at radius 1 is 1.10 bits per heavy atom. The molecule has 1 aliphatic heterocycles. The second-order valence-corrected chi connectivity index (χ2v) is 7.11. The summed E-state index contributed by atoms with van der Waals surface area (Å²) in [5.41, 5.74) is 3.47. The summed E-state index contributed by atoms with van der Waals surface area (Å²) >= 11 is 0. The summed E-state index contributed by atoms with van der Waals surface area (Å²) in [4.78, 5) is 18.3. The molecule has 146 valence electrons. The van der Waals surface area contributed by atoms with Gasteiger partial charge in [0, 0.05) is 18.9 Å². The van der Waals surface area contributed by atoms with Crippen molar-refractivity contribution in [3.63, 3.8) is 0 Å². The van der Waals surface area contributed by atoms with Gasteiger partial charge in [-0.2, -0.15) is 0 Å². The Balaban J connectivity index is 1.53. The molecule has 0 radical (unpaired) electrons. The van der Waals surface area contributed by atoms with Gasteiger partial charge in [0.15, 0.2) is 5.82 Å². The Kier molecular flexibility index (Phi) is 4.31. The van der Waals surface area contributed by atoms with E-state index in [1.54, 1.807) is 13.4 Å². The highest BCUT2D eigenvalue weighted by Gasteiger charge is 2.27. The van der Waals surface area contributed by atoms with Gasteiger partial charge in [0.1, 0.15) is 17.2 Å². The Bertz CT molecular complexity index is 1150. The van der Waals surface area contributed by atoms with E-state index in [0.717, 1.165) is 42.3 Å². The molecule has 0 aromatic carbocycles. The highest BCUT2D eigenvalue weighted by atomic mass is 16.5. The van der Waals surface area contributed by atoms with E-state index in [4.69, 9.17) is 14.8 Å². The maximum absolute atomic E-state index is 5.53. The van der Waals surface area contributed by atoms with E-state index in [1.165, 1.54) is 0 Å². The van der Waals surface area contributed by atoms with Crippen LogP contribution in [-0.4, -0.2) is 41.4 Å². The zero-order chi connectivity index (χ0) is 19.8. The van der Waals surface area contributed by atoms with Gasteiger partial charge in [-0.1, -0.05) is 6.07 Å². The number of methoxy groups -OCH3 is 1. The van der Waals surface area contributed by atoms with E-state index in [9.17, 15) is 0 Å². The number of hydrogen-bond donors (Lipinski definition) is 0. The SMILES string of the molecule is COc1nc(-c2nc3n(n2)CCC[C@H]3c2ccccn2)ccc1-n1cnc(C)c1. The highest BCUT2D eigenvalue weighted by molar-refractivity contribution is 5.55. The summed E-state index contributed by atoms with van der Waals surface area (Å²) in [6, 6.07) is 9.88. The normalized spacial score (nSPS) is 15.9. The fourth-order valence-corrected chi connectivity index (χ4v) is 3.78. The van der Waals surface area contributed by atoms with E-state index in [-0.39, 0.29) is 5.92 Å². The van der Waals surface area contributed by atoms with Crippen molar-refractivity contribution in [1.82, 2.24) is 34.3 Å². The standard InChI is InChI=1S/C21H21N7O/c1-14-12-27(13-23-14)18-9-8-17(24-21(18)29-2)19-25-20-15(6-5-11-28(20)26-19)16-7-3-4-10-22-16/h3-4,7-10,12-13,15H,5-6,11H2,1-2H3/t15-/m0/s1. The first-order valence-electron chi connectivity index (χ1n) is 9.65. The van der Waals surface area contributed by atoms with Crippen molar-refractivity contribution in [2.75, 3.05) is 7.11 Å². The van der Waals surface area contributed by atoms with Crippen LogP contribution in [0.4, 0.5) is 0 Å². The third-order valence-electron chi connectivity index (χ3n) is 5.17. The summed E-state index contributed by atoms with van der Waals surface area (Å²) in [5, 5.41) is 4.72. The number of fused-ring (bicyclic) bond motifs is 1. The molecule has 1 atom stereocenters. The van der Waals surface area contributed by atoms with Gasteiger partial charge in [0.2, 0.25) is 5.88 Å². The minimum absolute atomic E-state index is 0.154. The van der Waals surface area contributed by atoms with Crippen LogP contribution in [0.3, 0.4) is 0 Å². The third-order valence-corrected chi connectivity index (χ3v) is 5.17. The Labute approximate surface area is 168 Å². The molecule has 0 saturated heterocycles. The molecule has 0 bridgehead atoms. The van der Waals surface area contributed by atoms with Crippen molar-refractivity contribution in [3.8, 4) is 23.1 Å². The smallest absolute Gasteiger partial charge is 0.238 e. The molecule has 8 heteroatoms. The molecule has 0 fully saturated rings. The van der Waals surface area contributed by atoms with Gasteiger partial charge in [-0.25, -0.2) is 19.6 Å². The van der Waals surface area contributed by atoms with Gasteiger partial charge in [-0.15, -0.1) is 5.10 Å². The minimum Gasteiger partial charge on any atom is -0.479 e. The second-order valence-electron chi connectivity index (χ2n) is 7.11. The van der Waals surface area contributed by atoms with Crippen LogP contribution >= 0.6 is 0 Å². The predicted octanol–water partition coefficient (Wildman–Crippen LogP) is 3.16. The van der Waals surface area contributed by atoms with Crippen LogP contribution in [0.2, 0.25) is 0 Å². The fourth-order valence-electron chi connectivity index (χ4n) is 3.78. The number of rotatable bonds is 4. The fraction of sp³-hybridized carbons (Fsp3) is 0.286. The first kappa shape index (κ1) is 17.5. The molecule has 29 heavy (non-hydrogen) atoms. The van der Waals surface area contributed by atoms with Crippen molar-refractivity contribution in [2.45, 2.75) is 32.2 Å². The molecule has 0 saturated carbocycles. The van der Waals surface area contributed by atoms with Crippen LogP contribution < -0.4 is 4.74 Å². The summed E-state index contributed by atoms with van der Waals surface area (Å²) in [6.07, 6.45) is 7.58. The number of ether oxygens (including phenoxy) is 1. The zero-order valence-electron chi connectivity index (χ0n) is 16.4. The van der Waals surface area contributed by atoms with E-state index < -0.39 is 0 Å². The minimum atomic E-state index is 0.154. The summed E-state index contributed by atoms with van der Waals surface area (Å²) in [6.45, 7) is 2.80. The van der Waals surface area contributed by atoms with Gasteiger partial charge in [-0.05, 0) is 44.0 Å². The van der Waals surface area contributed by atoms with Crippen LogP contribution in [0.25, 0.3) is 17.2 Å². The monoisotopic (exact) mass is 387 g/mol. The van der Waals surface area contributed by atoms with Crippen LogP contribution in [0.5, 0.6) is 5.88 Å². The van der Waals surface area contributed by atoms with Gasteiger partial charge < -0.3 is 9.30 Å². The van der Waals surface area contributed by atoms with Crippen LogP contribution in [0.15, 0.2) is 49.1 Å². The Morgan fingerprint density at radius 3 is 2.79 bits per heavy atom. The number of hydrogen-bond acceptors (Lipinski definition) is 6. The molecule has 0 aliphatic carbocycles. The molecule has 5 heterocycles. The van der Waals surface area contributed by atoms with E-state index in [0.29, 0.717) is 17.4 Å². The summed E-state index contributed by atoms with van der Waals surface area (Å²) in [7, 11) is 1.61. The first-order valence-corrected chi connectivity index (χ1v) is 9.65. The summed E-state index contributed by atoms with van der Waals surface area (Å²) < 4.78 is 9.41. The number of pyridine rings is 2. The van der Waals surface area contributed by atoms with Crippen LogP contribution in [0.1, 0.15) is 36.0 Å². The molecule has 0 spiro atoms. The van der Waals surface area contributed by atoms with E-state index in [2.05, 4.69) is 21.0 Å². The maximum Gasteiger partial charge on any atom is 0.238 e. The van der Waals surface area contributed by atoms with E-state index in [1.807, 2.05) is 52.8 Å². The van der Waals surface area contributed by atoms with Crippen molar-refractivity contribution >= 4 is 0 Å². The maximum atomic E-state index is 5.53. The molecule has 0 unspecified atom stereocenters. The molecule has 4 aromatic heterocycles. The molecule has 0 N–H and O–H groups in total. The van der Waals surface area contributed by atoms with Crippen LogP contribution in [-0.2, 0) is 6.54 Å². The van der Waals surface area contributed by atoms with Crippen LogP contribution in [0, 0.1) is 6.92 Å². The summed E-state index contributed by atoms with van der Waals surface area (Å²) in [5.74, 6) is 2.21. The Morgan fingerprint density at radius 2 is 2.03 bits per heavy atom. The largest absolute Gasteiger partial charge is 0.479 e. The quantitative estimate of drug-likeness (QED) is 0.535. The molecule has 5 rings (SSSR count). The number of aromatic nitrogens is 7.